The number of hydrogen-bond donors (Lipinski definition) is 5. The third-order valence-electron chi connectivity index (χ3n) is 9.87. The number of hydrogen-bond acceptors (Lipinski definition) is 6. The average Bonchev–Trinajstić information content (AvgIpc) is 3.65. The van der Waals surface area contributed by atoms with Crippen molar-refractivity contribution in [3.63, 3.8) is 0 Å². The van der Waals surface area contributed by atoms with Gasteiger partial charge in [-0.05, 0) is 63.9 Å². The van der Waals surface area contributed by atoms with E-state index < -0.39 is 27.8 Å². The minimum Gasteiger partial charge on any atom is -0.389 e. The maximum Gasteiger partial charge on any atom is 0.243 e. The van der Waals surface area contributed by atoms with Gasteiger partial charge in [0.25, 0.3) is 0 Å². The number of amides is 3. The van der Waals surface area contributed by atoms with Crippen molar-refractivity contribution in [3.8, 4) is 0 Å². The van der Waals surface area contributed by atoms with E-state index in [1.165, 1.54) is 12.8 Å². The lowest BCUT2D eigenvalue weighted by atomic mass is 9.72. The van der Waals surface area contributed by atoms with Crippen LogP contribution < -0.4 is 16.0 Å². The van der Waals surface area contributed by atoms with Crippen LogP contribution in [0.2, 0.25) is 0 Å². The fraction of sp³-hybridized carbons (Fsp3) is 0.750. The molecule has 3 amide bonds. The first-order chi connectivity index (χ1) is 20.8. The predicted molar refractivity (Wildman–Crippen MR) is 183 cm³/mol. The Morgan fingerprint density at radius 3 is 2.20 bits per heavy atom. The molecule has 252 valence electrons. The van der Waals surface area contributed by atoms with Crippen LogP contribution in [0.3, 0.4) is 0 Å². The van der Waals surface area contributed by atoms with Crippen molar-refractivity contribution in [2.45, 2.75) is 140 Å². The molecule has 1 aromatic rings. The number of carbonyl (C=O) groups excluding carboxylic acids is 3. The van der Waals surface area contributed by atoms with Crippen molar-refractivity contribution in [2.75, 3.05) is 13.1 Å². The average molecular weight is 643 g/mol. The molecule has 0 spiro atoms. The molecule has 0 radical (unpaired) electrons. The van der Waals surface area contributed by atoms with Crippen LogP contribution in [0, 0.1) is 17.3 Å². The van der Waals surface area contributed by atoms with Crippen molar-refractivity contribution < 1.29 is 19.5 Å². The molecule has 8 nitrogen and oxygen atoms in total. The Kier molecular flexibility index (Phi) is 10.8. The second kappa shape index (κ2) is 13.6. The molecule has 2 saturated carbocycles. The van der Waals surface area contributed by atoms with Gasteiger partial charge in [0, 0.05) is 34.7 Å². The smallest absolute Gasteiger partial charge is 0.243 e. The van der Waals surface area contributed by atoms with Gasteiger partial charge in [0.2, 0.25) is 17.7 Å². The molecular formula is C36H58N4O4S. The highest BCUT2D eigenvalue weighted by molar-refractivity contribution is 7.81. The number of aliphatic hydroxyl groups excluding tert-OH is 1. The number of thiol groups is 1. The summed E-state index contributed by atoms with van der Waals surface area (Å²) in [6.45, 7) is 16.3. The van der Waals surface area contributed by atoms with Gasteiger partial charge in [0.1, 0.15) is 6.04 Å². The third-order valence-corrected chi connectivity index (χ3v) is 10.1. The van der Waals surface area contributed by atoms with Crippen LogP contribution >= 0.6 is 12.6 Å². The molecule has 3 aliphatic rings. The summed E-state index contributed by atoms with van der Waals surface area (Å²) in [5.74, 6) is 0.414. The van der Waals surface area contributed by atoms with E-state index in [0.29, 0.717) is 24.7 Å². The summed E-state index contributed by atoms with van der Waals surface area (Å²) in [7, 11) is 0. The molecule has 1 saturated heterocycles. The van der Waals surface area contributed by atoms with E-state index in [4.69, 9.17) is 0 Å². The molecular weight excluding hydrogens is 584 g/mol. The van der Waals surface area contributed by atoms with Crippen LogP contribution in [0.5, 0.6) is 0 Å². The first-order valence-electron chi connectivity index (χ1n) is 16.9. The molecule has 4 rings (SSSR count). The lowest BCUT2D eigenvalue weighted by Crippen LogP contribution is -2.62. The van der Waals surface area contributed by atoms with Gasteiger partial charge in [0.15, 0.2) is 0 Å². The van der Waals surface area contributed by atoms with Crippen molar-refractivity contribution in [3.05, 3.63) is 35.9 Å². The number of nitrogens with one attached hydrogen (secondary N) is 3. The predicted octanol–water partition coefficient (Wildman–Crippen LogP) is 4.81. The molecule has 7 atom stereocenters. The SMILES string of the molecule is CC(C)(S)CC(NC(=O)C(C)(C)C)C(=O)NC1([C@H](O)CN2CC3CCCCC3C[C@H]2C(=O)NC(C)(C)C)CC1c1ccccc1. The van der Waals surface area contributed by atoms with Gasteiger partial charge in [-0.15, -0.1) is 0 Å². The normalized spacial score (nSPS) is 28.8. The zero-order valence-corrected chi connectivity index (χ0v) is 29.7. The number of aliphatic hydroxyl groups is 1. The van der Waals surface area contributed by atoms with E-state index in [1.807, 2.05) is 85.7 Å². The van der Waals surface area contributed by atoms with E-state index in [2.05, 4.69) is 33.5 Å². The first-order valence-corrected chi connectivity index (χ1v) is 17.4. The number of fused-ring (bicyclic) bond motifs is 1. The molecule has 5 unspecified atom stereocenters. The Labute approximate surface area is 276 Å². The molecule has 3 fully saturated rings. The van der Waals surface area contributed by atoms with Gasteiger partial charge in [-0.3, -0.25) is 19.3 Å². The number of rotatable bonds is 10. The fourth-order valence-corrected chi connectivity index (χ4v) is 7.56. The van der Waals surface area contributed by atoms with Crippen LogP contribution in [0.4, 0.5) is 0 Å². The maximum absolute atomic E-state index is 14.1. The summed E-state index contributed by atoms with van der Waals surface area (Å²) in [4.78, 5) is 43.0. The number of β-amino-alcohol motifs (C(OH)–C–C–N with tert-alkyl or cyclic N) is 1. The van der Waals surface area contributed by atoms with Crippen molar-refractivity contribution in [1.82, 2.24) is 20.9 Å². The monoisotopic (exact) mass is 642 g/mol. The summed E-state index contributed by atoms with van der Waals surface area (Å²) in [5.41, 5.74) is -0.897. The second-order valence-electron chi connectivity index (χ2n) is 16.8. The lowest BCUT2D eigenvalue weighted by Gasteiger charge is -2.47. The van der Waals surface area contributed by atoms with Crippen LogP contribution in [0.15, 0.2) is 30.3 Å². The van der Waals surface area contributed by atoms with Crippen LogP contribution in [0.1, 0.15) is 112 Å². The van der Waals surface area contributed by atoms with E-state index in [0.717, 1.165) is 31.4 Å². The summed E-state index contributed by atoms with van der Waals surface area (Å²) in [6, 6.07) is 8.84. The summed E-state index contributed by atoms with van der Waals surface area (Å²) < 4.78 is -0.515. The minimum absolute atomic E-state index is 0.00758. The van der Waals surface area contributed by atoms with Crippen LogP contribution in [-0.2, 0) is 14.4 Å². The molecule has 0 bridgehead atoms. The summed E-state index contributed by atoms with van der Waals surface area (Å²) in [5, 5.41) is 21.6. The molecule has 1 aliphatic heterocycles. The Hall–Kier alpha value is -2.10. The Balaban J connectivity index is 1.61. The van der Waals surface area contributed by atoms with Crippen molar-refractivity contribution in [1.29, 1.82) is 0 Å². The van der Waals surface area contributed by atoms with E-state index in [9.17, 15) is 19.5 Å². The van der Waals surface area contributed by atoms with Gasteiger partial charge >= 0.3 is 0 Å². The maximum atomic E-state index is 14.1. The van der Waals surface area contributed by atoms with Gasteiger partial charge in [-0.2, -0.15) is 12.6 Å². The highest BCUT2D eigenvalue weighted by Crippen LogP contribution is 2.54. The summed E-state index contributed by atoms with van der Waals surface area (Å²) in [6.07, 6.45) is 5.49. The summed E-state index contributed by atoms with van der Waals surface area (Å²) >= 11 is 4.68. The zero-order valence-electron chi connectivity index (χ0n) is 28.8. The third kappa shape index (κ3) is 9.25. The number of carbonyl (C=O) groups is 3. The molecule has 0 aromatic heterocycles. The Bertz CT molecular complexity index is 1200. The number of piperidine rings is 1. The van der Waals surface area contributed by atoms with Crippen LogP contribution in [-0.4, -0.2) is 74.8 Å². The van der Waals surface area contributed by atoms with Crippen molar-refractivity contribution in [2.24, 2.45) is 17.3 Å². The first kappa shape index (κ1) is 35.7. The Morgan fingerprint density at radius 2 is 1.62 bits per heavy atom. The quantitative estimate of drug-likeness (QED) is 0.235. The molecule has 4 N–H and O–H groups in total. The fourth-order valence-electron chi connectivity index (χ4n) is 7.38. The minimum atomic E-state index is -0.918. The number of likely N-dealkylation sites (tertiary alicyclic amines) is 1. The van der Waals surface area contributed by atoms with Crippen LogP contribution in [0.25, 0.3) is 0 Å². The van der Waals surface area contributed by atoms with Gasteiger partial charge in [0.05, 0.1) is 17.7 Å². The lowest BCUT2D eigenvalue weighted by molar-refractivity contribution is -0.135. The molecule has 1 aromatic carbocycles. The van der Waals surface area contributed by atoms with E-state index in [1.54, 1.807) is 0 Å². The van der Waals surface area contributed by atoms with E-state index >= 15 is 0 Å². The highest BCUT2D eigenvalue weighted by atomic mass is 32.1. The zero-order chi connectivity index (χ0) is 33.4. The van der Waals surface area contributed by atoms with Crippen molar-refractivity contribution >= 4 is 30.4 Å². The van der Waals surface area contributed by atoms with Gasteiger partial charge in [-0.25, -0.2) is 0 Å². The number of benzene rings is 1. The molecule has 2 aliphatic carbocycles. The van der Waals surface area contributed by atoms with Gasteiger partial charge < -0.3 is 21.1 Å². The second-order valence-corrected chi connectivity index (χ2v) is 18.0. The largest absolute Gasteiger partial charge is 0.389 e. The molecule has 9 heteroatoms. The van der Waals surface area contributed by atoms with Gasteiger partial charge in [-0.1, -0.05) is 84.2 Å². The topological polar surface area (TPSA) is 111 Å². The highest BCUT2D eigenvalue weighted by Gasteiger charge is 2.61. The number of nitrogens with zero attached hydrogens (tertiary/aromatic N) is 1. The van der Waals surface area contributed by atoms with E-state index in [-0.39, 0.29) is 41.8 Å². The molecule has 1 heterocycles. The Morgan fingerprint density at radius 1 is 1.00 bits per heavy atom. The molecule has 45 heavy (non-hydrogen) atoms. The standard InChI is InChI=1S/C36H58N4O4S/c1-33(2,3)32(44)37-27(20-35(7,8)45)30(42)39-36(19-26(36)23-14-10-9-11-15-23)29(41)22-40-21-25-17-13-12-16-24(25)18-28(40)31(43)38-34(4,5)6/h9-11,14-15,24-29,41,45H,12-13,16-22H2,1-8H3,(H,37,44)(H,38,43)(H,39,42)/t24?,25?,26?,27?,28-,29+,36?/m0/s1.